The minimum absolute atomic E-state index is 0.0315. The molecule has 2 aromatic rings. The molecule has 0 atom stereocenters. The van der Waals surface area contributed by atoms with Crippen LogP contribution < -0.4 is 4.90 Å². The van der Waals surface area contributed by atoms with Gasteiger partial charge in [-0.05, 0) is 36.2 Å². The van der Waals surface area contributed by atoms with E-state index in [9.17, 15) is 9.59 Å². The van der Waals surface area contributed by atoms with Gasteiger partial charge in [0.15, 0.2) is 0 Å². The van der Waals surface area contributed by atoms with Crippen LogP contribution in [0.3, 0.4) is 0 Å². The highest BCUT2D eigenvalue weighted by Crippen LogP contribution is 2.22. The SMILES string of the molecule is O=C(CN1CCN(c2ccc(Cl)cc2)C1=O)N1CCN(CCc2ccccc2)CC1. The van der Waals surface area contributed by atoms with Gasteiger partial charge in [-0.1, -0.05) is 41.9 Å². The molecule has 0 aliphatic carbocycles. The van der Waals surface area contributed by atoms with E-state index >= 15 is 0 Å². The highest BCUT2D eigenvalue weighted by atomic mass is 35.5. The molecule has 0 bridgehead atoms. The molecule has 0 saturated carbocycles. The number of piperazine rings is 1. The number of hydrogen-bond acceptors (Lipinski definition) is 3. The van der Waals surface area contributed by atoms with Crippen molar-refractivity contribution in [2.45, 2.75) is 6.42 Å². The number of rotatable bonds is 6. The molecule has 2 aliphatic rings. The summed E-state index contributed by atoms with van der Waals surface area (Å²) in [6.45, 7) is 5.49. The zero-order valence-electron chi connectivity index (χ0n) is 17.0. The number of urea groups is 1. The number of carbonyl (C=O) groups is 2. The number of benzene rings is 2. The van der Waals surface area contributed by atoms with Gasteiger partial charge in [0, 0.05) is 56.5 Å². The van der Waals surface area contributed by atoms with E-state index < -0.39 is 0 Å². The van der Waals surface area contributed by atoms with Gasteiger partial charge < -0.3 is 9.80 Å². The highest BCUT2D eigenvalue weighted by molar-refractivity contribution is 6.30. The number of nitrogens with zero attached hydrogens (tertiary/aromatic N) is 4. The Morgan fingerprint density at radius 1 is 0.867 bits per heavy atom. The van der Waals surface area contributed by atoms with Crippen LogP contribution in [0.25, 0.3) is 0 Å². The van der Waals surface area contributed by atoms with Gasteiger partial charge in [-0.25, -0.2) is 4.79 Å². The fourth-order valence-electron chi connectivity index (χ4n) is 4.01. The van der Waals surface area contributed by atoms with Crippen molar-refractivity contribution in [2.75, 3.05) is 57.3 Å². The number of hydrogen-bond donors (Lipinski definition) is 0. The topological polar surface area (TPSA) is 47.1 Å². The number of amides is 3. The summed E-state index contributed by atoms with van der Waals surface area (Å²) in [5, 5.41) is 0.639. The first-order chi connectivity index (χ1) is 14.6. The van der Waals surface area contributed by atoms with E-state index in [1.54, 1.807) is 21.9 Å². The second-order valence-electron chi connectivity index (χ2n) is 7.79. The van der Waals surface area contributed by atoms with Crippen molar-refractivity contribution >= 4 is 29.2 Å². The summed E-state index contributed by atoms with van der Waals surface area (Å²) in [7, 11) is 0. The molecule has 2 fully saturated rings. The third-order valence-electron chi connectivity index (χ3n) is 5.84. The largest absolute Gasteiger partial charge is 0.339 e. The lowest BCUT2D eigenvalue weighted by Crippen LogP contribution is -2.51. The Morgan fingerprint density at radius 3 is 2.27 bits per heavy atom. The molecule has 0 radical (unpaired) electrons. The van der Waals surface area contributed by atoms with E-state index in [1.165, 1.54) is 5.56 Å². The molecule has 30 heavy (non-hydrogen) atoms. The Labute approximate surface area is 182 Å². The minimum Gasteiger partial charge on any atom is -0.339 e. The van der Waals surface area contributed by atoms with Gasteiger partial charge in [0.2, 0.25) is 5.91 Å². The van der Waals surface area contributed by atoms with Gasteiger partial charge >= 0.3 is 6.03 Å². The molecular formula is C23H27ClN4O2. The predicted octanol–water partition coefficient (Wildman–Crippen LogP) is 2.97. The van der Waals surface area contributed by atoms with Crippen LogP contribution in [-0.4, -0.2) is 79.0 Å². The van der Waals surface area contributed by atoms with Crippen LogP contribution in [0.5, 0.6) is 0 Å². The van der Waals surface area contributed by atoms with Gasteiger partial charge in [0.05, 0.1) is 0 Å². The molecule has 158 valence electrons. The van der Waals surface area contributed by atoms with E-state index in [0.29, 0.717) is 18.1 Å². The third-order valence-corrected chi connectivity index (χ3v) is 6.10. The van der Waals surface area contributed by atoms with Crippen LogP contribution >= 0.6 is 11.6 Å². The van der Waals surface area contributed by atoms with Crippen LogP contribution in [0.2, 0.25) is 5.02 Å². The average molecular weight is 427 g/mol. The van der Waals surface area contributed by atoms with E-state index in [-0.39, 0.29) is 18.5 Å². The summed E-state index contributed by atoms with van der Waals surface area (Å²) >= 11 is 5.93. The molecule has 2 heterocycles. The molecule has 0 spiro atoms. The van der Waals surface area contributed by atoms with Gasteiger partial charge in [0.25, 0.3) is 0 Å². The van der Waals surface area contributed by atoms with E-state index in [2.05, 4.69) is 29.2 Å². The van der Waals surface area contributed by atoms with Gasteiger partial charge in [0.1, 0.15) is 6.54 Å². The van der Waals surface area contributed by atoms with Gasteiger partial charge in [-0.3, -0.25) is 14.6 Å². The van der Waals surface area contributed by atoms with Crippen LogP contribution in [0, 0.1) is 0 Å². The lowest BCUT2D eigenvalue weighted by atomic mass is 10.1. The smallest absolute Gasteiger partial charge is 0.325 e. The standard InChI is InChI=1S/C23H27ClN4O2/c24-20-6-8-21(9-7-20)28-17-16-27(23(28)30)18-22(29)26-14-12-25(13-15-26)11-10-19-4-2-1-3-5-19/h1-9H,10-18H2. The molecular weight excluding hydrogens is 400 g/mol. The molecule has 2 saturated heterocycles. The van der Waals surface area contributed by atoms with Crippen molar-refractivity contribution in [1.29, 1.82) is 0 Å². The molecule has 2 aromatic carbocycles. The molecule has 2 aliphatic heterocycles. The van der Waals surface area contributed by atoms with Crippen molar-refractivity contribution in [3.05, 3.63) is 65.2 Å². The van der Waals surface area contributed by atoms with Gasteiger partial charge in [-0.15, -0.1) is 0 Å². The second kappa shape index (κ2) is 9.49. The molecule has 0 N–H and O–H groups in total. The number of halogens is 1. The zero-order chi connectivity index (χ0) is 20.9. The highest BCUT2D eigenvalue weighted by Gasteiger charge is 2.32. The molecule has 6 nitrogen and oxygen atoms in total. The Morgan fingerprint density at radius 2 is 1.57 bits per heavy atom. The Balaban J connectivity index is 1.23. The first-order valence-corrected chi connectivity index (χ1v) is 10.8. The maximum absolute atomic E-state index is 12.8. The van der Waals surface area contributed by atoms with Crippen molar-refractivity contribution in [1.82, 2.24) is 14.7 Å². The summed E-state index contributed by atoms with van der Waals surface area (Å²) in [6.07, 6.45) is 1.03. The Kier molecular flexibility index (Phi) is 6.55. The van der Waals surface area contributed by atoms with Crippen molar-refractivity contribution < 1.29 is 9.59 Å². The first-order valence-electron chi connectivity index (χ1n) is 10.5. The van der Waals surface area contributed by atoms with Crippen LogP contribution in [-0.2, 0) is 11.2 Å². The minimum atomic E-state index is -0.118. The third kappa shape index (κ3) is 4.94. The van der Waals surface area contributed by atoms with Gasteiger partial charge in [-0.2, -0.15) is 0 Å². The van der Waals surface area contributed by atoms with Crippen molar-refractivity contribution in [3.8, 4) is 0 Å². The maximum Gasteiger partial charge on any atom is 0.325 e. The molecule has 3 amide bonds. The van der Waals surface area contributed by atoms with E-state index in [4.69, 9.17) is 11.6 Å². The average Bonchev–Trinajstić information content (AvgIpc) is 3.14. The fraction of sp³-hybridized carbons (Fsp3) is 0.391. The van der Waals surface area contributed by atoms with Crippen molar-refractivity contribution in [3.63, 3.8) is 0 Å². The fourth-order valence-corrected chi connectivity index (χ4v) is 4.13. The lowest BCUT2D eigenvalue weighted by molar-refractivity contribution is -0.133. The van der Waals surface area contributed by atoms with Crippen LogP contribution in [0.15, 0.2) is 54.6 Å². The number of anilines is 1. The first kappa shape index (κ1) is 20.7. The predicted molar refractivity (Wildman–Crippen MR) is 119 cm³/mol. The number of carbonyl (C=O) groups excluding carboxylic acids is 2. The summed E-state index contributed by atoms with van der Waals surface area (Å²) in [5.74, 6) is 0.0315. The Bertz CT molecular complexity index is 867. The summed E-state index contributed by atoms with van der Waals surface area (Å²) in [4.78, 5) is 33.1. The summed E-state index contributed by atoms with van der Waals surface area (Å²) < 4.78 is 0. The maximum atomic E-state index is 12.8. The van der Waals surface area contributed by atoms with E-state index in [1.807, 2.05) is 23.1 Å². The quantitative estimate of drug-likeness (QED) is 0.713. The molecule has 4 rings (SSSR count). The summed E-state index contributed by atoms with van der Waals surface area (Å²) in [5.41, 5.74) is 2.15. The van der Waals surface area contributed by atoms with Crippen LogP contribution in [0.4, 0.5) is 10.5 Å². The molecule has 0 unspecified atom stereocenters. The van der Waals surface area contributed by atoms with Crippen molar-refractivity contribution in [2.24, 2.45) is 0 Å². The summed E-state index contributed by atoms with van der Waals surface area (Å²) in [6, 6.07) is 17.6. The molecule has 0 aromatic heterocycles. The normalized spacial score (nSPS) is 17.6. The lowest BCUT2D eigenvalue weighted by Gasteiger charge is -2.35. The zero-order valence-corrected chi connectivity index (χ0v) is 17.8. The second-order valence-corrected chi connectivity index (χ2v) is 8.23. The van der Waals surface area contributed by atoms with Crippen LogP contribution in [0.1, 0.15) is 5.56 Å². The monoisotopic (exact) mass is 426 g/mol. The Hall–Kier alpha value is -2.57. The van der Waals surface area contributed by atoms with E-state index in [0.717, 1.165) is 44.8 Å². The molecule has 7 heteroatoms.